The number of amides is 1. The van der Waals surface area contributed by atoms with Gasteiger partial charge in [0.2, 0.25) is 0 Å². The predicted octanol–water partition coefficient (Wildman–Crippen LogP) is 4.98. The molecule has 2 N–H and O–H groups in total. The van der Waals surface area contributed by atoms with Crippen LogP contribution in [0.4, 0.5) is 0 Å². The van der Waals surface area contributed by atoms with Crippen LogP contribution in [-0.4, -0.2) is 16.3 Å². The van der Waals surface area contributed by atoms with Crippen molar-refractivity contribution in [2.45, 2.75) is 26.3 Å². The molecule has 4 nitrogen and oxygen atoms in total. The van der Waals surface area contributed by atoms with Crippen molar-refractivity contribution in [3.8, 4) is 11.1 Å². The van der Waals surface area contributed by atoms with E-state index in [4.69, 9.17) is 5.73 Å². The summed E-state index contributed by atoms with van der Waals surface area (Å²) in [4.78, 5) is 24.5. The van der Waals surface area contributed by atoms with Gasteiger partial charge in [-0.1, -0.05) is 86.1 Å². The van der Waals surface area contributed by atoms with Gasteiger partial charge in [0.05, 0.1) is 5.56 Å². The Balaban J connectivity index is 1.92. The number of primary amides is 1. The van der Waals surface area contributed by atoms with Gasteiger partial charge in [-0.05, 0) is 29.2 Å². The van der Waals surface area contributed by atoms with Gasteiger partial charge in [-0.15, -0.1) is 0 Å². The lowest BCUT2D eigenvalue weighted by molar-refractivity contribution is -0.114. The summed E-state index contributed by atoms with van der Waals surface area (Å²) < 4.78 is 2.16. The molecule has 0 saturated carbocycles. The quantitative estimate of drug-likeness (QED) is 0.354. The molecule has 4 rings (SSSR count). The zero-order valence-corrected chi connectivity index (χ0v) is 17.0. The fourth-order valence-electron chi connectivity index (χ4n) is 4.14. The van der Waals surface area contributed by atoms with Crippen molar-refractivity contribution >= 4 is 22.6 Å². The number of para-hydroxylation sites is 1. The molecule has 0 fully saturated rings. The second kappa shape index (κ2) is 8.37. The first-order chi connectivity index (χ1) is 14.6. The van der Waals surface area contributed by atoms with Crippen molar-refractivity contribution in [3.05, 3.63) is 95.7 Å². The number of carbonyl (C=O) groups is 2. The molecule has 0 saturated heterocycles. The average Bonchev–Trinajstić information content (AvgIpc) is 3.07. The van der Waals surface area contributed by atoms with Gasteiger partial charge in [0.15, 0.2) is 0 Å². The summed E-state index contributed by atoms with van der Waals surface area (Å²) in [6.45, 7) is 2.67. The summed E-state index contributed by atoms with van der Waals surface area (Å²) in [6.07, 6.45) is 1.55. The molecule has 0 bridgehead atoms. The molecule has 4 aromatic rings. The Kier molecular flexibility index (Phi) is 5.48. The van der Waals surface area contributed by atoms with Gasteiger partial charge in [-0.25, -0.2) is 0 Å². The molecule has 0 unspecified atom stereocenters. The highest BCUT2D eigenvalue weighted by Crippen LogP contribution is 2.31. The molecule has 0 aliphatic heterocycles. The highest BCUT2D eigenvalue weighted by Gasteiger charge is 2.25. The SMILES string of the molecule is CCCc1c(C(=O)C(N)=O)c2ccccc2n1Cc1ccccc1-c1ccccc1. The minimum Gasteiger partial charge on any atom is -0.363 e. The number of fused-ring (bicyclic) bond motifs is 1. The maximum absolute atomic E-state index is 12.7. The second-order valence-corrected chi connectivity index (χ2v) is 7.39. The third kappa shape index (κ3) is 3.52. The maximum Gasteiger partial charge on any atom is 0.289 e. The van der Waals surface area contributed by atoms with Crippen LogP contribution in [0.2, 0.25) is 0 Å². The Morgan fingerprint density at radius 1 is 0.867 bits per heavy atom. The van der Waals surface area contributed by atoms with E-state index in [0.717, 1.165) is 39.7 Å². The molecule has 4 heteroatoms. The number of Topliss-reactive ketones (excluding diaryl/α,β-unsaturated/α-hetero) is 1. The number of hydrogen-bond donors (Lipinski definition) is 1. The lowest BCUT2D eigenvalue weighted by Crippen LogP contribution is -2.24. The van der Waals surface area contributed by atoms with E-state index in [2.05, 4.69) is 35.8 Å². The summed E-state index contributed by atoms with van der Waals surface area (Å²) in [5.74, 6) is -1.54. The van der Waals surface area contributed by atoms with E-state index < -0.39 is 11.7 Å². The number of rotatable bonds is 7. The number of carbonyl (C=O) groups excluding carboxylic acids is 2. The number of hydrogen-bond acceptors (Lipinski definition) is 2. The lowest BCUT2D eigenvalue weighted by Gasteiger charge is -2.15. The standard InChI is InChI=1S/C26H24N2O2/c1-2-10-23-24(25(29)26(27)30)21-15-8-9-16-22(21)28(23)17-19-13-6-7-14-20(19)18-11-4-3-5-12-18/h3-9,11-16H,2,10,17H2,1H3,(H2,27,30). The minimum absolute atomic E-state index is 0.442. The largest absolute Gasteiger partial charge is 0.363 e. The Morgan fingerprint density at radius 2 is 1.53 bits per heavy atom. The molecule has 0 atom stereocenters. The predicted molar refractivity (Wildman–Crippen MR) is 120 cm³/mol. The Morgan fingerprint density at radius 3 is 2.27 bits per heavy atom. The molecule has 3 aromatic carbocycles. The van der Waals surface area contributed by atoms with Crippen LogP contribution in [0.25, 0.3) is 22.0 Å². The molecule has 0 spiro atoms. The highest BCUT2D eigenvalue weighted by atomic mass is 16.2. The van der Waals surface area contributed by atoms with Crippen LogP contribution < -0.4 is 5.73 Å². The van der Waals surface area contributed by atoms with E-state index in [1.54, 1.807) is 0 Å². The molecule has 0 aliphatic rings. The first-order valence-corrected chi connectivity index (χ1v) is 10.2. The maximum atomic E-state index is 12.7. The van der Waals surface area contributed by atoms with Crippen LogP contribution >= 0.6 is 0 Å². The van der Waals surface area contributed by atoms with Crippen LogP contribution in [0.15, 0.2) is 78.9 Å². The van der Waals surface area contributed by atoms with Crippen molar-refractivity contribution in [3.63, 3.8) is 0 Å². The number of nitrogens with zero attached hydrogens (tertiary/aromatic N) is 1. The molecule has 1 heterocycles. The summed E-state index contributed by atoms with van der Waals surface area (Å²) in [5, 5.41) is 0.780. The van der Waals surface area contributed by atoms with Gasteiger partial charge in [0.25, 0.3) is 11.7 Å². The molecule has 30 heavy (non-hydrogen) atoms. The van der Waals surface area contributed by atoms with Gasteiger partial charge in [-0.3, -0.25) is 9.59 Å². The van der Waals surface area contributed by atoms with E-state index in [9.17, 15) is 9.59 Å². The smallest absolute Gasteiger partial charge is 0.289 e. The molecule has 0 radical (unpaired) electrons. The first kappa shape index (κ1) is 19.6. The zero-order chi connectivity index (χ0) is 21.1. The summed E-state index contributed by atoms with van der Waals surface area (Å²) in [5.41, 5.74) is 11.1. The van der Waals surface area contributed by atoms with E-state index in [-0.39, 0.29) is 0 Å². The topological polar surface area (TPSA) is 65.1 Å². The van der Waals surface area contributed by atoms with Crippen LogP contribution in [-0.2, 0) is 17.8 Å². The van der Waals surface area contributed by atoms with E-state index in [1.807, 2.05) is 54.6 Å². The first-order valence-electron chi connectivity index (χ1n) is 10.2. The van der Waals surface area contributed by atoms with Gasteiger partial charge >= 0.3 is 0 Å². The van der Waals surface area contributed by atoms with Crippen molar-refractivity contribution in [1.82, 2.24) is 4.57 Å². The monoisotopic (exact) mass is 396 g/mol. The molecule has 1 amide bonds. The normalized spacial score (nSPS) is 11.0. The van der Waals surface area contributed by atoms with Crippen LogP contribution in [0, 0.1) is 0 Å². The van der Waals surface area contributed by atoms with Crippen molar-refractivity contribution in [1.29, 1.82) is 0 Å². The highest BCUT2D eigenvalue weighted by molar-refractivity contribution is 6.44. The second-order valence-electron chi connectivity index (χ2n) is 7.39. The van der Waals surface area contributed by atoms with E-state index in [0.29, 0.717) is 18.5 Å². The van der Waals surface area contributed by atoms with E-state index >= 15 is 0 Å². The van der Waals surface area contributed by atoms with Crippen LogP contribution in [0.5, 0.6) is 0 Å². The Hall–Kier alpha value is -3.66. The molecule has 1 aromatic heterocycles. The summed E-state index contributed by atoms with van der Waals surface area (Å²) in [7, 11) is 0. The average molecular weight is 396 g/mol. The van der Waals surface area contributed by atoms with Crippen molar-refractivity contribution in [2.75, 3.05) is 0 Å². The molecule has 150 valence electrons. The zero-order valence-electron chi connectivity index (χ0n) is 17.0. The molecular weight excluding hydrogens is 372 g/mol. The lowest BCUT2D eigenvalue weighted by atomic mass is 9.99. The van der Waals surface area contributed by atoms with Gasteiger partial charge in [0.1, 0.15) is 0 Å². The fourth-order valence-corrected chi connectivity index (χ4v) is 4.14. The number of ketones is 1. The van der Waals surface area contributed by atoms with Gasteiger partial charge in [-0.2, -0.15) is 0 Å². The van der Waals surface area contributed by atoms with E-state index in [1.165, 1.54) is 0 Å². The third-order valence-corrected chi connectivity index (χ3v) is 5.45. The van der Waals surface area contributed by atoms with Gasteiger partial charge in [0, 0.05) is 23.1 Å². The van der Waals surface area contributed by atoms with Crippen molar-refractivity contribution < 1.29 is 9.59 Å². The Bertz CT molecular complexity index is 1220. The summed E-state index contributed by atoms with van der Waals surface area (Å²) in [6, 6.07) is 26.3. The number of nitrogens with two attached hydrogens (primary N) is 1. The molecule has 0 aliphatic carbocycles. The van der Waals surface area contributed by atoms with Crippen LogP contribution in [0.3, 0.4) is 0 Å². The number of aromatic nitrogens is 1. The van der Waals surface area contributed by atoms with Crippen LogP contribution in [0.1, 0.15) is 35.0 Å². The molecular formula is C26H24N2O2. The summed E-state index contributed by atoms with van der Waals surface area (Å²) >= 11 is 0. The Labute approximate surface area is 175 Å². The van der Waals surface area contributed by atoms with Gasteiger partial charge < -0.3 is 10.3 Å². The van der Waals surface area contributed by atoms with Crippen molar-refractivity contribution in [2.24, 2.45) is 5.73 Å². The minimum atomic E-state index is -0.917. The fraction of sp³-hybridized carbons (Fsp3) is 0.154. The third-order valence-electron chi connectivity index (χ3n) is 5.45. The number of benzene rings is 3.